The second-order valence-electron chi connectivity index (χ2n) is 9.59. The number of nitrogens with zero attached hydrogens (tertiary/aromatic N) is 1. The summed E-state index contributed by atoms with van der Waals surface area (Å²) in [4.78, 5) is 15.8. The third-order valence-electron chi connectivity index (χ3n) is 7.15. The quantitative estimate of drug-likeness (QED) is 0.678. The van der Waals surface area contributed by atoms with Crippen LogP contribution < -0.4 is 10.1 Å². The van der Waals surface area contributed by atoms with Gasteiger partial charge in [-0.3, -0.25) is 4.79 Å². The van der Waals surface area contributed by atoms with Gasteiger partial charge in [0.2, 0.25) is 5.91 Å². The van der Waals surface area contributed by atoms with E-state index in [0.717, 1.165) is 37.2 Å². The van der Waals surface area contributed by atoms with E-state index in [-0.39, 0.29) is 11.7 Å². The summed E-state index contributed by atoms with van der Waals surface area (Å²) in [6.07, 6.45) is 4.40. The minimum atomic E-state index is -0.483. The van der Waals surface area contributed by atoms with E-state index in [1.807, 2.05) is 12.1 Å². The van der Waals surface area contributed by atoms with E-state index in [2.05, 4.69) is 29.4 Å². The van der Waals surface area contributed by atoms with Crippen LogP contribution in [0.4, 0.5) is 4.39 Å². The van der Waals surface area contributed by atoms with Crippen molar-refractivity contribution >= 4 is 5.91 Å². The van der Waals surface area contributed by atoms with Gasteiger partial charge in [0.1, 0.15) is 11.6 Å². The van der Waals surface area contributed by atoms with Crippen molar-refractivity contribution in [1.29, 1.82) is 0 Å². The minimum absolute atomic E-state index is 0.132. The van der Waals surface area contributed by atoms with Gasteiger partial charge in [-0.25, -0.2) is 4.39 Å². The molecule has 2 aromatic carbocycles. The maximum atomic E-state index is 13.9. The van der Waals surface area contributed by atoms with Crippen molar-refractivity contribution in [1.82, 2.24) is 10.2 Å². The molecular weight excluding hydrogens is 419 g/mol. The molecule has 0 aliphatic carbocycles. The third-order valence-corrected chi connectivity index (χ3v) is 7.15. The molecule has 1 atom stereocenters. The highest BCUT2D eigenvalue weighted by Crippen LogP contribution is 2.37. The number of nitrogens with one attached hydrogen (secondary N) is 1. The third kappa shape index (κ3) is 5.74. The van der Waals surface area contributed by atoms with Gasteiger partial charge in [-0.05, 0) is 80.9 Å². The Morgan fingerprint density at radius 2 is 2.06 bits per heavy atom. The van der Waals surface area contributed by atoms with Crippen LogP contribution in [0, 0.1) is 17.2 Å². The maximum absolute atomic E-state index is 13.9. The summed E-state index contributed by atoms with van der Waals surface area (Å²) in [7, 11) is 3.74. The van der Waals surface area contributed by atoms with Crippen LogP contribution in [-0.4, -0.2) is 57.8 Å². The Morgan fingerprint density at radius 3 is 2.82 bits per heavy atom. The van der Waals surface area contributed by atoms with Crippen molar-refractivity contribution in [2.45, 2.75) is 32.1 Å². The van der Waals surface area contributed by atoms with Gasteiger partial charge in [-0.1, -0.05) is 24.3 Å². The normalized spacial score (nSPS) is 20.9. The van der Waals surface area contributed by atoms with Crippen LogP contribution >= 0.6 is 0 Å². The number of benzene rings is 2. The first-order chi connectivity index (χ1) is 16.0. The molecule has 0 bridgehead atoms. The Kier molecular flexibility index (Phi) is 7.66. The maximum Gasteiger partial charge on any atom is 0.226 e. The molecule has 0 aromatic heterocycles. The fourth-order valence-electron chi connectivity index (χ4n) is 5.26. The molecule has 1 N–H and O–H groups in total. The molecular formula is C27H35FN2O3. The van der Waals surface area contributed by atoms with Gasteiger partial charge in [0.25, 0.3) is 0 Å². The van der Waals surface area contributed by atoms with Crippen molar-refractivity contribution in [2.24, 2.45) is 11.3 Å². The number of carbonyl (C=O) groups is 1. The summed E-state index contributed by atoms with van der Waals surface area (Å²) in [6, 6.07) is 12.6. The van der Waals surface area contributed by atoms with Crippen molar-refractivity contribution in [3.8, 4) is 16.9 Å². The van der Waals surface area contributed by atoms with Gasteiger partial charge in [0, 0.05) is 31.9 Å². The summed E-state index contributed by atoms with van der Waals surface area (Å²) >= 11 is 0. The van der Waals surface area contributed by atoms with Gasteiger partial charge in [0.05, 0.1) is 12.5 Å². The van der Waals surface area contributed by atoms with Crippen LogP contribution in [-0.2, 0) is 16.0 Å². The van der Waals surface area contributed by atoms with E-state index in [0.29, 0.717) is 49.7 Å². The molecule has 1 amide bonds. The van der Waals surface area contributed by atoms with Gasteiger partial charge in [0.15, 0.2) is 0 Å². The van der Waals surface area contributed by atoms with Crippen LogP contribution in [0.3, 0.4) is 0 Å². The lowest BCUT2D eigenvalue weighted by molar-refractivity contribution is -0.137. The molecule has 178 valence electrons. The number of halogens is 1. The van der Waals surface area contributed by atoms with E-state index in [9.17, 15) is 9.18 Å². The average Bonchev–Trinajstić information content (AvgIpc) is 2.83. The highest BCUT2D eigenvalue weighted by atomic mass is 19.1. The van der Waals surface area contributed by atoms with E-state index in [1.165, 1.54) is 18.6 Å². The lowest BCUT2D eigenvalue weighted by atomic mass is 9.74. The molecule has 6 heteroatoms. The first-order valence-electron chi connectivity index (χ1n) is 12.0. The predicted octanol–water partition coefficient (Wildman–Crippen LogP) is 4.30. The summed E-state index contributed by atoms with van der Waals surface area (Å²) < 4.78 is 25.0. The molecule has 2 aliphatic heterocycles. The SMILES string of the molecule is COc1ccc(F)cc1-c1cccc(CC2(C(=O)NC[C@H]3CCCN(C)C3)CCOCC2)c1. The number of rotatable bonds is 7. The van der Waals surface area contributed by atoms with Crippen molar-refractivity contribution in [2.75, 3.05) is 47.0 Å². The monoisotopic (exact) mass is 454 g/mol. The van der Waals surface area contributed by atoms with Gasteiger partial charge in [-0.2, -0.15) is 0 Å². The molecule has 4 rings (SSSR count). The Morgan fingerprint density at radius 1 is 1.24 bits per heavy atom. The lowest BCUT2D eigenvalue weighted by Crippen LogP contribution is -2.48. The zero-order chi connectivity index (χ0) is 23.3. The fraction of sp³-hybridized carbons (Fsp3) is 0.519. The molecule has 2 aliphatic rings. The fourth-order valence-corrected chi connectivity index (χ4v) is 5.26. The standard InChI is InChI=1S/C27H35FN2O3/c1-30-12-4-6-21(19-30)18-29-26(31)27(10-13-33-14-11-27)17-20-5-3-7-22(15-20)24-16-23(28)8-9-25(24)32-2/h3,5,7-9,15-16,21H,4,6,10-14,17-19H2,1-2H3,(H,29,31)/t21-/m1/s1. The van der Waals surface area contributed by atoms with E-state index in [4.69, 9.17) is 9.47 Å². The molecule has 0 radical (unpaired) electrons. The second-order valence-corrected chi connectivity index (χ2v) is 9.59. The molecule has 2 saturated heterocycles. The summed E-state index contributed by atoms with van der Waals surface area (Å²) in [5.41, 5.74) is 2.18. The Hall–Kier alpha value is -2.44. The molecule has 0 unspecified atom stereocenters. The second kappa shape index (κ2) is 10.7. The molecule has 0 saturated carbocycles. The topological polar surface area (TPSA) is 50.8 Å². The van der Waals surface area contributed by atoms with Crippen LogP contribution in [0.1, 0.15) is 31.2 Å². The highest BCUT2D eigenvalue weighted by Gasteiger charge is 2.40. The Bertz CT molecular complexity index is 958. The van der Waals surface area contributed by atoms with E-state index in [1.54, 1.807) is 13.2 Å². The van der Waals surface area contributed by atoms with Crippen molar-refractivity contribution in [3.63, 3.8) is 0 Å². The summed E-state index contributed by atoms with van der Waals surface area (Å²) in [6.45, 7) is 4.09. The van der Waals surface area contributed by atoms with Crippen LogP contribution in [0.2, 0.25) is 0 Å². The van der Waals surface area contributed by atoms with Crippen molar-refractivity contribution < 1.29 is 18.7 Å². The number of hydrogen-bond donors (Lipinski definition) is 1. The lowest BCUT2D eigenvalue weighted by Gasteiger charge is -2.37. The Labute approximate surface area is 196 Å². The van der Waals surface area contributed by atoms with Gasteiger partial charge in [-0.15, -0.1) is 0 Å². The molecule has 2 fully saturated rings. The van der Waals surface area contributed by atoms with Crippen LogP contribution in [0.5, 0.6) is 5.75 Å². The number of piperidine rings is 1. The summed E-state index contributed by atoms with van der Waals surface area (Å²) in [5, 5.41) is 3.29. The number of methoxy groups -OCH3 is 1. The first kappa shape index (κ1) is 23.7. The number of likely N-dealkylation sites (tertiary alicyclic amines) is 1. The molecule has 33 heavy (non-hydrogen) atoms. The van der Waals surface area contributed by atoms with Gasteiger partial charge < -0.3 is 19.7 Å². The van der Waals surface area contributed by atoms with Crippen molar-refractivity contribution in [3.05, 3.63) is 53.8 Å². The number of ether oxygens (including phenoxy) is 2. The highest BCUT2D eigenvalue weighted by molar-refractivity contribution is 5.83. The minimum Gasteiger partial charge on any atom is -0.496 e. The Balaban J connectivity index is 1.52. The van der Waals surface area contributed by atoms with E-state index < -0.39 is 5.41 Å². The summed E-state index contributed by atoms with van der Waals surface area (Å²) in [5.74, 6) is 0.968. The molecule has 2 heterocycles. The zero-order valence-electron chi connectivity index (χ0n) is 19.7. The molecule has 0 spiro atoms. The molecule has 5 nitrogen and oxygen atoms in total. The van der Waals surface area contributed by atoms with Crippen LogP contribution in [0.25, 0.3) is 11.1 Å². The number of amides is 1. The number of carbonyl (C=O) groups excluding carboxylic acids is 1. The first-order valence-corrected chi connectivity index (χ1v) is 12.0. The predicted molar refractivity (Wildman–Crippen MR) is 128 cm³/mol. The largest absolute Gasteiger partial charge is 0.496 e. The van der Waals surface area contributed by atoms with Crippen LogP contribution in [0.15, 0.2) is 42.5 Å². The number of hydrogen-bond acceptors (Lipinski definition) is 4. The smallest absolute Gasteiger partial charge is 0.226 e. The average molecular weight is 455 g/mol. The zero-order valence-corrected chi connectivity index (χ0v) is 19.7. The van der Waals surface area contributed by atoms with Gasteiger partial charge >= 0.3 is 0 Å². The van der Waals surface area contributed by atoms with E-state index >= 15 is 0 Å². The molecule has 2 aromatic rings.